The Morgan fingerprint density at radius 2 is 2.17 bits per heavy atom. The number of amides is 1. The quantitative estimate of drug-likeness (QED) is 0.896. The maximum atomic E-state index is 11.8. The van der Waals surface area contributed by atoms with Gasteiger partial charge in [-0.05, 0) is 24.3 Å². The van der Waals surface area contributed by atoms with Crippen LogP contribution in [-0.2, 0) is 0 Å². The first kappa shape index (κ1) is 12.0. The second-order valence-corrected chi connectivity index (χ2v) is 3.79. The van der Waals surface area contributed by atoms with Crippen LogP contribution >= 0.6 is 11.6 Å². The van der Waals surface area contributed by atoms with Crippen molar-refractivity contribution < 1.29 is 4.79 Å². The normalized spacial score (nSPS) is 9.56. The highest BCUT2D eigenvalue weighted by Crippen LogP contribution is 2.10. The van der Waals surface area contributed by atoms with Gasteiger partial charge in [0.25, 0.3) is 5.91 Å². The highest BCUT2D eigenvalue weighted by Gasteiger charge is 2.08. The van der Waals surface area contributed by atoms with Crippen LogP contribution in [0.4, 0.5) is 5.82 Å². The largest absolute Gasteiger partial charge is 0.305 e. The third-order valence-corrected chi connectivity index (χ3v) is 2.32. The fourth-order valence-corrected chi connectivity index (χ4v) is 1.40. The molecule has 0 unspecified atom stereocenters. The molecule has 0 fully saturated rings. The summed E-state index contributed by atoms with van der Waals surface area (Å²) in [7, 11) is 0. The Hall–Kier alpha value is -2.45. The minimum absolute atomic E-state index is 0.202. The van der Waals surface area contributed by atoms with Crippen LogP contribution < -0.4 is 5.32 Å². The van der Waals surface area contributed by atoms with Gasteiger partial charge in [0.2, 0.25) is 0 Å². The fourth-order valence-electron chi connectivity index (χ4n) is 1.24. The predicted molar refractivity (Wildman–Crippen MR) is 66.2 cm³/mol. The molecule has 1 amide bonds. The maximum absolute atomic E-state index is 11.8. The maximum Gasteiger partial charge on any atom is 0.275 e. The van der Waals surface area contributed by atoms with E-state index in [-0.39, 0.29) is 5.69 Å². The zero-order valence-corrected chi connectivity index (χ0v) is 9.85. The Morgan fingerprint density at radius 1 is 1.33 bits per heavy atom. The van der Waals surface area contributed by atoms with Crippen molar-refractivity contribution in [2.45, 2.75) is 0 Å². The van der Waals surface area contributed by atoms with E-state index in [4.69, 9.17) is 16.9 Å². The molecule has 0 spiro atoms. The SMILES string of the molecule is N#Cc1ccc(NC(=O)c2cc(Cl)ccn2)nc1. The van der Waals surface area contributed by atoms with Gasteiger partial charge in [-0.1, -0.05) is 11.6 Å². The third kappa shape index (κ3) is 2.81. The van der Waals surface area contributed by atoms with Crippen molar-refractivity contribution >= 4 is 23.3 Å². The number of hydrogen-bond donors (Lipinski definition) is 1. The van der Waals surface area contributed by atoms with E-state index in [0.717, 1.165) is 0 Å². The summed E-state index contributed by atoms with van der Waals surface area (Å²) in [5.41, 5.74) is 0.627. The van der Waals surface area contributed by atoms with Crippen molar-refractivity contribution in [2.75, 3.05) is 5.32 Å². The summed E-state index contributed by atoms with van der Waals surface area (Å²) in [5.74, 6) is -0.0597. The monoisotopic (exact) mass is 258 g/mol. The van der Waals surface area contributed by atoms with Gasteiger partial charge in [0.15, 0.2) is 0 Å². The first-order valence-electron chi connectivity index (χ1n) is 4.98. The summed E-state index contributed by atoms with van der Waals surface area (Å²) >= 11 is 5.76. The summed E-state index contributed by atoms with van der Waals surface area (Å²) in [5, 5.41) is 11.6. The van der Waals surface area contributed by atoms with E-state index in [2.05, 4.69) is 15.3 Å². The molecule has 0 bridgehead atoms. The molecule has 2 aromatic rings. The minimum atomic E-state index is -0.408. The van der Waals surface area contributed by atoms with E-state index in [9.17, 15) is 4.79 Å². The van der Waals surface area contributed by atoms with Gasteiger partial charge in [-0.2, -0.15) is 5.26 Å². The van der Waals surface area contributed by atoms with Crippen molar-refractivity contribution in [1.82, 2.24) is 9.97 Å². The Kier molecular flexibility index (Phi) is 3.51. The molecule has 88 valence electrons. The van der Waals surface area contributed by atoms with Crippen LogP contribution in [0.1, 0.15) is 16.1 Å². The first-order valence-corrected chi connectivity index (χ1v) is 5.36. The number of rotatable bonds is 2. The molecule has 0 saturated carbocycles. The molecule has 0 atom stereocenters. The number of nitrogens with zero attached hydrogens (tertiary/aromatic N) is 3. The smallest absolute Gasteiger partial charge is 0.275 e. The molecule has 0 aliphatic heterocycles. The van der Waals surface area contributed by atoms with Crippen LogP contribution in [0.15, 0.2) is 36.7 Å². The molecule has 0 aliphatic carbocycles. The molecule has 0 saturated heterocycles. The van der Waals surface area contributed by atoms with E-state index in [0.29, 0.717) is 16.4 Å². The lowest BCUT2D eigenvalue weighted by molar-refractivity contribution is 0.102. The number of pyridine rings is 2. The summed E-state index contributed by atoms with van der Waals surface area (Å²) in [6, 6.07) is 8.09. The standard InChI is InChI=1S/C12H7ClN4O/c13-9-3-4-15-10(5-9)12(18)17-11-2-1-8(6-14)7-16-11/h1-5,7H,(H,16,17,18). The molecule has 5 nitrogen and oxygen atoms in total. The topological polar surface area (TPSA) is 78.7 Å². The lowest BCUT2D eigenvalue weighted by atomic mass is 10.3. The Morgan fingerprint density at radius 3 is 2.78 bits per heavy atom. The number of halogens is 1. The molecule has 2 aromatic heterocycles. The van der Waals surface area contributed by atoms with E-state index < -0.39 is 5.91 Å². The van der Waals surface area contributed by atoms with Gasteiger partial charge in [0.1, 0.15) is 17.6 Å². The van der Waals surface area contributed by atoms with E-state index in [1.807, 2.05) is 6.07 Å². The molecular formula is C12H7ClN4O. The number of carbonyl (C=O) groups excluding carboxylic acids is 1. The highest BCUT2D eigenvalue weighted by atomic mass is 35.5. The molecule has 0 radical (unpaired) electrons. The van der Waals surface area contributed by atoms with Crippen LogP contribution in [0.3, 0.4) is 0 Å². The summed E-state index contributed by atoms with van der Waals surface area (Å²) in [4.78, 5) is 19.6. The predicted octanol–water partition coefficient (Wildman–Crippen LogP) is 2.25. The molecular weight excluding hydrogens is 252 g/mol. The molecule has 2 rings (SSSR count). The summed E-state index contributed by atoms with van der Waals surface area (Å²) < 4.78 is 0. The Labute approximate surface area is 108 Å². The van der Waals surface area contributed by atoms with Gasteiger partial charge in [-0.15, -0.1) is 0 Å². The van der Waals surface area contributed by atoms with Gasteiger partial charge in [0.05, 0.1) is 5.56 Å². The highest BCUT2D eigenvalue weighted by molar-refractivity contribution is 6.30. The lowest BCUT2D eigenvalue weighted by Crippen LogP contribution is -2.14. The second kappa shape index (κ2) is 5.25. The van der Waals surface area contributed by atoms with Gasteiger partial charge < -0.3 is 5.32 Å². The average Bonchev–Trinajstić information content (AvgIpc) is 2.39. The fraction of sp³-hybridized carbons (Fsp3) is 0. The van der Waals surface area contributed by atoms with Gasteiger partial charge >= 0.3 is 0 Å². The molecule has 1 N–H and O–H groups in total. The van der Waals surface area contributed by atoms with Crippen LogP contribution in [0, 0.1) is 11.3 Å². The van der Waals surface area contributed by atoms with Gasteiger partial charge in [-0.25, -0.2) is 4.98 Å². The van der Waals surface area contributed by atoms with Crippen LogP contribution in [0.5, 0.6) is 0 Å². The second-order valence-electron chi connectivity index (χ2n) is 3.36. The number of nitrogens with one attached hydrogen (secondary N) is 1. The van der Waals surface area contributed by atoms with Crippen LogP contribution in [0.2, 0.25) is 5.02 Å². The van der Waals surface area contributed by atoms with Crippen molar-refractivity contribution in [3.8, 4) is 6.07 Å². The molecule has 18 heavy (non-hydrogen) atoms. The van der Waals surface area contributed by atoms with E-state index in [1.54, 1.807) is 18.2 Å². The average molecular weight is 259 g/mol. The van der Waals surface area contributed by atoms with Crippen molar-refractivity contribution in [2.24, 2.45) is 0 Å². The minimum Gasteiger partial charge on any atom is -0.305 e. The van der Waals surface area contributed by atoms with Crippen LogP contribution in [0.25, 0.3) is 0 Å². The first-order chi connectivity index (χ1) is 8.69. The summed E-state index contributed by atoms with van der Waals surface area (Å²) in [6.07, 6.45) is 2.82. The molecule has 2 heterocycles. The number of aromatic nitrogens is 2. The van der Waals surface area contributed by atoms with Crippen LogP contribution in [-0.4, -0.2) is 15.9 Å². The molecule has 0 aromatic carbocycles. The lowest BCUT2D eigenvalue weighted by Gasteiger charge is -2.03. The zero-order chi connectivity index (χ0) is 13.0. The van der Waals surface area contributed by atoms with Crippen molar-refractivity contribution in [1.29, 1.82) is 5.26 Å². The number of anilines is 1. The Bertz CT molecular complexity index is 619. The number of nitriles is 1. The summed E-state index contributed by atoms with van der Waals surface area (Å²) in [6.45, 7) is 0. The molecule has 6 heteroatoms. The number of carbonyl (C=O) groups is 1. The third-order valence-electron chi connectivity index (χ3n) is 2.09. The van der Waals surface area contributed by atoms with Gasteiger partial charge in [-0.3, -0.25) is 9.78 Å². The van der Waals surface area contributed by atoms with Gasteiger partial charge in [0, 0.05) is 17.4 Å². The molecule has 0 aliphatic rings. The zero-order valence-electron chi connectivity index (χ0n) is 9.09. The van der Waals surface area contributed by atoms with E-state index >= 15 is 0 Å². The van der Waals surface area contributed by atoms with Crippen molar-refractivity contribution in [3.63, 3.8) is 0 Å². The van der Waals surface area contributed by atoms with Crippen molar-refractivity contribution in [3.05, 3.63) is 52.9 Å². The Balaban J connectivity index is 2.14. The number of hydrogen-bond acceptors (Lipinski definition) is 4. The van der Waals surface area contributed by atoms with E-state index in [1.165, 1.54) is 18.5 Å².